The molecule has 1 aromatic carbocycles. The number of Topliss-reactive ketones (excluding diaryl/α,β-unsaturated/α-hetero) is 1. The van der Waals surface area contributed by atoms with Crippen molar-refractivity contribution >= 4 is 27.2 Å². The number of methoxy groups -OCH3 is 1. The molecule has 0 radical (unpaired) electrons. The molecule has 1 atom stereocenters. The van der Waals surface area contributed by atoms with Crippen LogP contribution in [0.25, 0.3) is 10.1 Å². The van der Waals surface area contributed by atoms with E-state index >= 15 is 0 Å². The Hall–Kier alpha value is -1.19. The van der Waals surface area contributed by atoms with Gasteiger partial charge in [-0.05, 0) is 27.8 Å². The zero-order chi connectivity index (χ0) is 14.0. The molecular weight excluding hydrogens is 256 g/mol. The summed E-state index contributed by atoms with van der Waals surface area (Å²) in [6, 6.07) is 8.21. The highest BCUT2D eigenvalue weighted by Crippen LogP contribution is 2.28. The monoisotopic (exact) mass is 276 g/mol. The van der Waals surface area contributed by atoms with E-state index in [1.807, 2.05) is 32.9 Å². The number of ketones is 1. The molecule has 0 saturated carbocycles. The predicted molar refractivity (Wildman–Crippen MR) is 80.8 cm³/mol. The summed E-state index contributed by atoms with van der Waals surface area (Å²) in [4.78, 5) is 12.4. The van der Waals surface area contributed by atoms with Gasteiger partial charge in [-0.2, -0.15) is 0 Å². The molecule has 2 nitrogen and oxygen atoms in total. The van der Waals surface area contributed by atoms with E-state index in [9.17, 15) is 4.79 Å². The lowest BCUT2D eigenvalue weighted by Crippen LogP contribution is -2.37. The van der Waals surface area contributed by atoms with Crippen molar-refractivity contribution in [3.8, 4) is 0 Å². The predicted octanol–water partition coefficient (Wildman–Crippen LogP) is 4.07. The Balaban J connectivity index is 2.23. The third-order valence-corrected chi connectivity index (χ3v) is 4.25. The van der Waals surface area contributed by atoms with Gasteiger partial charge in [0.15, 0.2) is 5.78 Å². The molecule has 0 aliphatic rings. The number of fused-ring (bicyclic) bond motifs is 1. The van der Waals surface area contributed by atoms with Crippen molar-refractivity contribution < 1.29 is 9.53 Å². The van der Waals surface area contributed by atoms with E-state index in [2.05, 4.69) is 17.5 Å². The van der Waals surface area contributed by atoms with Crippen LogP contribution in [0.5, 0.6) is 0 Å². The highest BCUT2D eigenvalue weighted by Gasteiger charge is 2.31. The highest BCUT2D eigenvalue weighted by atomic mass is 32.1. The quantitative estimate of drug-likeness (QED) is 0.841. The van der Waals surface area contributed by atoms with Gasteiger partial charge in [-0.3, -0.25) is 4.79 Å². The molecule has 1 aromatic heterocycles. The van der Waals surface area contributed by atoms with Gasteiger partial charge in [-0.15, -0.1) is 11.3 Å². The van der Waals surface area contributed by atoms with Crippen LogP contribution in [0.15, 0.2) is 29.6 Å². The molecule has 1 heterocycles. The second kappa shape index (κ2) is 5.43. The van der Waals surface area contributed by atoms with Gasteiger partial charge in [0.1, 0.15) is 6.10 Å². The number of rotatable bonds is 4. The first-order valence-electron chi connectivity index (χ1n) is 6.44. The smallest absolute Gasteiger partial charge is 0.166 e. The topological polar surface area (TPSA) is 26.3 Å². The van der Waals surface area contributed by atoms with Crippen molar-refractivity contribution in [3.63, 3.8) is 0 Å². The average Bonchev–Trinajstić information content (AvgIpc) is 2.72. The van der Waals surface area contributed by atoms with Gasteiger partial charge in [0.2, 0.25) is 0 Å². The van der Waals surface area contributed by atoms with Gasteiger partial charge in [-0.25, -0.2) is 0 Å². The Morgan fingerprint density at radius 2 is 2.00 bits per heavy atom. The molecule has 3 heteroatoms. The molecule has 0 saturated heterocycles. The molecule has 0 fully saturated rings. The van der Waals surface area contributed by atoms with Crippen molar-refractivity contribution in [2.45, 2.75) is 33.3 Å². The summed E-state index contributed by atoms with van der Waals surface area (Å²) in [6.45, 7) is 6.10. The number of thiophene rings is 1. The summed E-state index contributed by atoms with van der Waals surface area (Å²) in [5, 5.41) is 3.27. The molecule has 0 aliphatic heterocycles. The molecule has 0 aliphatic carbocycles. The maximum atomic E-state index is 12.4. The minimum Gasteiger partial charge on any atom is -0.373 e. The third-order valence-electron chi connectivity index (χ3n) is 3.24. The fourth-order valence-corrected chi connectivity index (χ4v) is 3.38. The number of carbonyl (C=O) groups excluding carboxylic acids is 1. The second-order valence-corrected chi connectivity index (χ2v) is 6.79. The minimum absolute atomic E-state index is 0.151. The van der Waals surface area contributed by atoms with Gasteiger partial charge in [0.25, 0.3) is 0 Å². The Morgan fingerprint density at radius 1 is 1.32 bits per heavy atom. The summed E-state index contributed by atoms with van der Waals surface area (Å²) in [5.74, 6) is 0.151. The van der Waals surface area contributed by atoms with Gasteiger partial charge in [0, 0.05) is 18.2 Å². The summed E-state index contributed by atoms with van der Waals surface area (Å²) in [5.41, 5.74) is 0.939. The van der Waals surface area contributed by atoms with E-state index in [4.69, 9.17) is 4.74 Å². The molecule has 102 valence electrons. The van der Waals surface area contributed by atoms with Crippen molar-refractivity contribution in [1.29, 1.82) is 0 Å². The molecule has 0 amide bonds. The summed E-state index contributed by atoms with van der Waals surface area (Å²) >= 11 is 1.69. The van der Waals surface area contributed by atoms with Gasteiger partial charge < -0.3 is 4.74 Å². The molecule has 19 heavy (non-hydrogen) atoms. The van der Waals surface area contributed by atoms with Crippen LogP contribution < -0.4 is 0 Å². The van der Waals surface area contributed by atoms with E-state index in [1.54, 1.807) is 18.4 Å². The molecule has 2 rings (SSSR count). The Kier molecular flexibility index (Phi) is 4.07. The average molecular weight is 276 g/mol. The lowest BCUT2D eigenvalue weighted by Gasteiger charge is -2.28. The molecule has 0 spiro atoms. The van der Waals surface area contributed by atoms with E-state index in [0.29, 0.717) is 6.42 Å². The van der Waals surface area contributed by atoms with Gasteiger partial charge in [0.05, 0.1) is 0 Å². The van der Waals surface area contributed by atoms with Crippen molar-refractivity contribution in [2.75, 3.05) is 7.11 Å². The lowest BCUT2D eigenvalue weighted by molar-refractivity contribution is -0.134. The fourth-order valence-electron chi connectivity index (χ4n) is 2.42. The first-order chi connectivity index (χ1) is 8.93. The minimum atomic E-state index is -0.355. The SMILES string of the molecule is COC(C(=O)Cc1csc2ccccc12)C(C)(C)C. The first-order valence-corrected chi connectivity index (χ1v) is 7.32. The van der Waals surface area contributed by atoms with E-state index in [1.165, 1.54) is 10.1 Å². The summed E-state index contributed by atoms with van der Waals surface area (Å²) in [7, 11) is 1.61. The van der Waals surface area contributed by atoms with E-state index < -0.39 is 0 Å². The molecule has 2 aromatic rings. The molecular formula is C16H20O2S. The van der Waals surface area contributed by atoms with Crippen LogP contribution in [0.2, 0.25) is 0 Å². The number of hydrogen-bond acceptors (Lipinski definition) is 3. The zero-order valence-corrected chi connectivity index (χ0v) is 12.7. The van der Waals surface area contributed by atoms with Crippen molar-refractivity contribution in [3.05, 3.63) is 35.2 Å². The first kappa shape index (κ1) is 14.2. The van der Waals surface area contributed by atoms with Crippen LogP contribution in [0.3, 0.4) is 0 Å². The number of ether oxygens (including phenoxy) is 1. The number of hydrogen-bond donors (Lipinski definition) is 0. The third kappa shape index (κ3) is 3.04. The molecule has 1 unspecified atom stereocenters. The van der Waals surface area contributed by atoms with Crippen LogP contribution in [0, 0.1) is 5.41 Å². The van der Waals surface area contributed by atoms with Gasteiger partial charge in [-0.1, -0.05) is 39.0 Å². The van der Waals surface area contributed by atoms with Crippen molar-refractivity contribution in [2.24, 2.45) is 5.41 Å². The summed E-state index contributed by atoms with van der Waals surface area (Å²) < 4.78 is 6.62. The maximum absolute atomic E-state index is 12.4. The van der Waals surface area contributed by atoms with Crippen LogP contribution in [0.4, 0.5) is 0 Å². The van der Waals surface area contributed by atoms with Crippen LogP contribution in [-0.2, 0) is 16.0 Å². The maximum Gasteiger partial charge on any atom is 0.166 e. The van der Waals surface area contributed by atoms with Gasteiger partial charge >= 0.3 is 0 Å². The zero-order valence-electron chi connectivity index (χ0n) is 11.9. The lowest BCUT2D eigenvalue weighted by atomic mass is 9.84. The number of benzene rings is 1. The molecule has 0 N–H and O–H groups in total. The second-order valence-electron chi connectivity index (χ2n) is 5.88. The fraction of sp³-hybridized carbons (Fsp3) is 0.438. The largest absolute Gasteiger partial charge is 0.373 e. The van der Waals surface area contributed by atoms with E-state index in [-0.39, 0.29) is 17.3 Å². The summed E-state index contributed by atoms with van der Waals surface area (Å²) in [6.07, 6.45) is 0.0888. The molecule has 0 bridgehead atoms. The van der Waals surface area contributed by atoms with Crippen LogP contribution >= 0.6 is 11.3 Å². The standard InChI is InChI=1S/C16H20O2S/c1-16(2,3)15(18-4)13(17)9-11-10-19-14-8-6-5-7-12(11)14/h5-8,10,15H,9H2,1-4H3. The van der Waals surface area contributed by atoms with Crippen molar-refractivity contribution in [1.82, 2.24) is 0 Å². The Morgan fingerprint density at radius 3 is 2.63 bits per heavy atom. The Bertz CT molecular complexity index is 578. The van der Waals surface area contributed by atoms with Crippen LogP contribution in [0.1, 0.15) is 26.3 Å². The van der Waals surface area contributed by atoms with Crippen LogP contribution in [-0.4, -0.2) is 19.0 Å². The Labute approximate surface area is 118 Å². The van der Waals surface area contributed by atoms with E-state index in [0.717, 1.165) is 5.56 Å². The highest BCUT2D eigenvalue weighted by molar-refractivity contribution is 7.17. The normalized spacial score (nSPS) is 13.7. The number of carbonyl (C=O) groups is 1.